The predicted molar refractivity (Wildman–Crippen MR) is 232 cm³/mol. The number of hydrogen-bond acceptors (Lipinski definition) is 4. The van der Waals surface area contributed by atoms with Crippen LogP contribution >= 0.6 is 0 Å². The predicted octanol–water partition coefficient (Wildman–Crippen LogP) is 13.3. The molecule has 0 radical (unpaired) electrons. The molecule has 4 heteroatoms. The molecule has 0 fully saturated rings. The number of benzene rings is 8. The fourth-order valence-corrected chi connectivity index (χ4v) is 6.96. The number of nitrogens with zero attached hydrogens (tertiary/aromatic N) is 4. The average molecular weight is 717 g/mol. The monoisotopic (exact) mass is 716 g/mol. The van der Waals surface area contributed by atoms with E-state index in [9.17, 15) is 0 Å². The molecule has 0 bridgehead atoms. The summed E-state index contributed by atoms with van der Waals surface area (Å²) in [5.74, 6) is 1.34. The number of pyridine rings is 1. The molecule has 4 nitrogen and oxygen atoms in total. The smallest absolute Gasteiger partial charge is 0.163 e. The van der Waals surface area contributed by atoms with Crippen LogP contribution in [0.4, 0.5) is 0 Å². The highest BCUT2D eigenvalue weighted by Gasteiger charge is 2.10. The van der Waals surface area contributed by atoms with Crippen molar-refractivity contribution in [3.8, 4) is 67.5 Å². The lowest BCUT2D eigenvalue weighted by atomic mass is 10.0. The van der Waals surface area contributed by atoms with Gasteiger partial charge in [0.15, 0.2) is 11.6 Å². The minimum absolute atomic E-state index is 0.669. The summed E-state index contributed by atoms with van der Waals surface area (Å²) >= 11 is 0. The Hall–Kier alpha value is -7.56. The summed E-state index contributed by atoms with van der Waals surface area (Å²) in [6.07, 6.45) is 1.59. The molecule has 264 valence electrons. The maximum absolute atomic E-state index is 4.93. The van der Waals surface area contributed by atoms with Crippen LogP contribution in [-0.4, -0.2) is 19.9 Å². The normalized spacial score (nSPS) is 10.9. The van der Waals surface area contributed by atoms with Crippen molar-refractivity contribution in [3.05, 3.63) is 219 Å². The zero-order valence-electron chi connectivity index (χ0n) is 30.6. The van der Waals surface area contributed by atoms with Gasteiger partial charge in [0, 0.05) is 22.3 Å². The molecule has 0 aliphatic heterocycles. The van der Waals surface area contributed by atoms with E-state index in [2.05, 4.69) is 162 Å². The van der Waals surface area contributed by atoms with E-state index in [0.717, 1.165) is 44.8 Å². The Bertz CT molecular complexity index is 2730. The summed E-state index contributed by atoms with van der Waals surface area (Å²) < 4.78 is 0. The van der Waals surface area contributed by atoms with Crippen LogP contribution in [0.3, 0.4) is 0 Å². The zero-order valence-corrected chi connectivity index (χ0v) is 30.6. The van der Waals surface area contributed by atoms with E-state index in [4.69, 9.17) is 9.97 Å². The van der Waals surface area contributed by atoms with Gasteiger partial charge in [-0.25, -0.2) is 19.9 Å². The van der Waals surface area contributed by atoms with Gasteiger partial charge < -0.3 is 0 Å². The molecule has 10 aromatic rings. The second-order valence-electron chi connectivity index (χ2n) is 13.6. The van der Waals surface area contributed by atoms with Gasteiger partial charge in [-0.15, -0.1) is 0 Å². The van der Waals surface area contributed by atoms with Gasteiger partial charge >= 0.3 is 0 Å². The third-order valence-electron chi connectivity index (χ3n) is 9.87. The molecular formula is C52H36N4. The fraction of sp³-hybridized carbons (Fsp3) is 0. The lowest BCUT2D eigenvalue weighted by Crippen LogP contribution is -1.95. The molecule has 0 amide bonds. The van der Waals surface area contributed by atoms with Crippen molar-refractivity contribution >= 4 is 21.5 Å². The summed E-state index contributed by atoms with van der Waals surface area (Å²) in [5.41, 5.74) is 10.9. The first kappa shape index (κ1) is 34.2. The first-order chi connectivity index (χ1) is 27.7. The number of aromatic nitrogens is 4. The lowest BCUT2D eigenvalue weighted by molar-refractivity contribution is 1.07. The molecule has 10 rings (SSSR count). The third kappa shape index (κ3) is 7.58. The molecular weight excluding hydrogens is 681 g/mol. The largest absolute Gasteiger partial charge is 0.248 e. The average Bonchev–Trinajstić information content (AvgIpc) is 3.29. The number of fused-ring (bicyclic) bond motifs is 2. The Labute approximate surface area is 326 Å². The van der Waals surface area contributed by atoms with E-state index in [1.807, 2.05) is 60.7 Å². The minimum atomic E-state index is 0.669. The Morgan fingerprint density at radius 1 is 0.232 bits per heavy atom. The highest BCUT2D eigenvalue weighted by molar-refractivity contribution is 5.88. The van der Waals surface area contributed by atoms with Gasteiger partial charge in [-0.2, -0.15) is 0 Å². The minimum Gasteiger partial charge on any atom is -0.248 e. The van der Waals surface area contributed by atoms with Gasteiger partial charge in [-0.3, -0.25) is 0 Å². The fourth-order valence-electron chi connectivity index (χ4n) is 6.96. The Morgan fingerprint density at radius 2 is 0.625 bits per heavy atom. The van der Waals surface area contributed by atoms with Gasteiger partial charge in [0.05, 0.1) is 11.4 Å². The van der Waals surface area contributed by atoms with Crippen LogP contribution in [0.25, 0.3) is 89.1 Å². The first-order valence-electron chi connectivity index (χ1n) is 18.7. The highest BCUT2D eigenvalue weighted by Crippen LogP contribution is 2.29. The van der Waals surface area contributed by atoms with Crippen LogP contribution in [0.5, 0.6) is 0 Å². The van der Waals surface area contributed by atoms with Crippen molar-refractivity contribution in [2.24, 2.45) is 0 Å². The van der Waals surface area contributed by atoms with Gasteiger partial charge in [-0.05, 0) is 80.2 Å². The molecule has 0 aliphatic carbocycles. The van der Waals surface area contributed by atoms with E-state index in [1.54, 1.807) is 6.33 Å². The van der Waals surface area contributed by atoms with E-state index >= 15 is 0 Å². The topological polar surface area (TPSA) is 51.6 Å². The zero-order chi connectivity index (χ0) is 37.5. The summed E-state index contributed by atoms with van der Waals surface area (Å²) in [5, 5.41) is 4.98. The van der Waals surface area contributed by atoms with E-state index in [1.165, 1.54) is 32.7 Å². The molecule has 2 aromatic heterocycles. The molecule has 0 spiro atoms. The summed E-state index contributed by atoms with van der Waals surface area (Å²) in [7, 11) is 0. The second kappa shape index (κ2) is 15.8. The highest BCUT2D eigenvalue weighted by atomic mass is 15.0. The molecule has 0 N–H and O–H groups in total. The van der Waals surface area contributed by atoms with Crippen LogP contribution in [0, 0.1) is 0 Å². The van der Waals surface area contributed by atoms with Crippen molar-refractivity contribution in [2.75, 3.05) is 0 Å². The van der Waals surface area contributed by atoms with E-state index in [0.29, 0.717) is 11.6 Å². The lowest BCUT2D eigenvalue weighted by Gasteiger charge is -2.07. The Kier molecular flexibility index (Phi) is 9.66. The number of hydrogen-bond donors (Lipinski definition) is 0. The van der Waals surface area contributed by atoms with Crippen LogP contribution in [0.1, 0.15) is 0 Å². The van der Waals surface area contributed by atoms with E-state index in [-0.39, 0.29) is 0 Å². The van der Waals surface area contributed by atoms with Crippen LogP contribution < -0.4 is 0 Å². The molecule has 8 aromatic carbocycles. The molecule has 0 saturated carbocycles. The Morgan fingerprint density at radius 3 is 1.11 bits per heavy atom. The second-order valence-corrected chi connectivity index (χ2v) is 13.6. The van der Waals surface area contributed by atoms with Crippen molar-refractivity contribution in [3.63, 3.8) is 0 Å². The molecule has 0 saturated heterocycles. The van der Waals surface area contributed by atoms with Gasteiger partial charge in [0.25, 0.3) is 0 Å². The first-order valence-corrected chi connectivity index (χ1v) is 18.7. The van der Waals surface area contributed by atoms with Crippen LogP contribution in [-0.2, 0) is 0 Å². The molecule has 0 unspecified atom stereocenters. The van der Waals surface area contributed by atoms with E-state index < -0.39 is 0 Å². The van der Waals surface area contributed by atoms with Crippen molar-refractivity contribution in [1.82, 2.24) is 19.9 Å². The van der Waals surface area contributed by atoms with Crippen molar-refractivity contribution < 1.29 is 0 Å². The maximum Gasteiger partial charge on any atom is 0.163 e. The quantitative estimate of drug-likeness (QED) is 0.172. The molecule has 0 atom stereocenters. The van der Waals surface area contributed by atoms with Crippen LogP contribution in [0.2, 0.25) is 0 Å². The summed E-state index contributed by atoms with van der Waals surface area (Å²) in [6.45, 7) is 0. The van der Waals surface area contributed by atoms with Crippen molar-refractivity contribution in [2.45, 2.75) is 0 Å². The summed E-state index contributed by atoms with van der Waals surface area (Å²) in [6, 6.07) is 73.4. The third-order valence-corrected chi connectivity index (χ3v) is 9.87. The maximum atomic E-state index is 4.93. The summed E-state index contributed by atoms with van der Waals surface area (Å²) in [4.78, 5) is 18.5. The molecule has 56 heavy (non-hydrogen) atoms. The SMILES string of the molecule is c1cc(-c2ccc3ccccc3c2)nc(-c2ccc3ccccc3c2)c1.c1ccc(-c2cccc(-c3ncnc(-c4cccc(-c5ccccc5)c4)n3)c2)cc1. The molecule has 0 aliphatic rings. The van der Waals surface area contributed by atoms with Crippen LogP contribution in [0.15, 0.2) is 219 Å². The Balaban J connectivity index is 0.000000148. The van der Waals surface area contributed by atoms with Gasteiger partial charge in [0.1, 0.15) is 6.33 Å². The number of rotatable bonds is 6. The standard InChI is InChI=1S/C27H19N3.C25H17N/c1-3-9-20(10-4-1)22-13-7-15-24(17-22)26-28-19-29-27(30-26)25-16-8-14-23(18-25)21-11-5-2-6-12-21;1-3-8-20-16-22(14-12-18(20)6-1)24-10-5-11-25(26-24)23-15-13-19-7-2-4-9-21(19)17-23/h1-19H;1-17H. The van der Waals surface area contributed by atoms with Crippen molar-refractivity contribution in [1.29, 1.82) is 0 Å². The molecule has 2 heterocycles. The van der Waals surface area contributed by atoms with Gasteiger partial charge in [0.2, 0.25) is 0 Å². The van der Waals surface area contributed by atoms with Gasteiger partial charge in [-0.1, -0.05) is 176 Å².